The molecule has 1 aliphatic heterocycles. The monoisotopic (exact) mass is 293 g/mol. The lowest BCUT2D eigenvalue weighted by Gasteiger charge is -2.38. The summed E-state index contributed by atoms with van der Waals surface area (Å²) in [5, 5.41) is 9.62. The lowest BCUT2D eigenvalue weighted by atomic mass is 9.93. The van der Waals surface area contributed by atoms with Crippen LogP contribution in [0.15, 0.2) is 0 Å². The van der Waals surface area contributed by atoms with Gasteiger partial charge in [0, 0.05) is 13.1 Å². The van der Waals surface area contributed by atoms with Crippen LogP contribution in [0.5, 0.6) is 0 Å². The zero-order valence-corrected chi connectivity index (χ0v) is 9.98. The summed E-state index contributed by atoms with van der Waals surface area (Å²) in [6, 6.07) is 0. The first-order valence-electron chi connectivity index (χ1n) is 5.49. The number of amides is 1. The average Bonchev–Trinajstić information content (AvgIpc) is 2.10. The van der Waals surface area contributed by atoms with Gasteiger partial charge in [0.15, 0.2) is 0 Å². The minimum absolute atomic E-state index is 0.154. The van der Waals surface area contributed by atoms with Gasteiger partial charge in [0.05, 0.1) is 5.60 Å². The van der Waals surface area contributed by atoms with Gasteiger partial charge < -0.3 is 10.0 Å². The maximum Gasteiger partial charge on any atom is 0.409 e. The maximum atomic E-state index is 12.4. The molecule has 19 heavy (non-hydrogen) atoms. The van der Waals surface area contributed by atoms with Gasteiger partial charge in [-0.1, -0.05) is 0 Å². The first-order chi connectivity index (χ1) is 8.34. The van der Waals surface area contributed by atoms with Crippen LogP contribution in [0.1, 0.15) is 19.8 Å². The fraction of sp³-hybridized carbons (Fsp3) is 0.900. The minimum atomic E-state index is -5.70. The van der Waals surface area contributed by atoms with Crippen LogP contribution < -0.4 is 0 Å². The average molecular weight is 293 g/mol. The van der Waals surface area contributed by atoms with E-state index in [2.05, 4.69) is 0 Å². The van der Waals surface area contributed by atoms with E-state index in [1.165, 1.54) is 6.92 Å². The topological polar surface area (TPSA) is 40.5 Å². The van der Waals surface area contributed by atoms with Gasteiger partial charge in [-0.25, -0.2) is 0 Å². The van der Waals surface area contributed by atoms with E-state index in [1.54, 1.807) is 0 Å². The lowest BCUT2D eigenvalue weighted by molar-refractivity contribution is -0.278. The molecule has 9 heteroatoms. The number of rotatable bonds is 1. The third-order valence-electron chi connectivity index (χ3n) is 2.89. The van der Waals surface area contributed by atoms with Gasteiger partial charge in [-0.3, -0.25) is 4.79 Å². The van der Waals surface area contributed by atoms with Crippen LogP contribution in [-0.4, -0.2) is 47.0 Å². The molecule has 0 aromatic rings. The van der Waals surface area contributed by atoms with Crippen molar-refractivity contribution in [1.29, 1.82) is 0 Å². The number of carbonyl (C=O) groups excluding carboxylic acids is 1. The Morgan fingerprint density at radius 3 is 2.05 bits per heavy atom. The van der Waals surface area contributed by atoms with E-state index in [0.717, 1.165) is 0 Å². The second kappa shape index (κ2) is 4.84. The Hall–Kier alpha value is -0.990. The largest absolute Gasteiger partial charge is 0.409 e. The molecule has 1 amide bonds. The van der Waals surface area contributed by atoms with E-state index < -0.39 is 36.3 Å². The van der Waals surface area contributed by atoms with Gasteiger partial charge in [-0.15, -0.1) is 0 Å². The van der Waals surface area contributed by atoms with Crippen molar-refractivity contribution in [3.63, 3.8) is 0 Å². The number of hydrogen-bond donors (Lipinski definition) is 1. The Kier molecular flexibility index (Phi) is 4.09. The molecule has 3 nitrogen and oxygen atoms in total. The van der Waals surface area contributed by atoms with Crippen molar-refractivity contribution in [3.05, 3.63) is 0 Å². The second-order valence-corrected chi connectivity index (χ2v) is 4.88. The van der Waals surface area contributed by atoms with Crippen molar-refractivity contribution in [2.75, 3.05) is 13.1 Å². The van der Waals surface area contributed by atoms with Gasteiger partial charge in [-0.05, 0) is 19.8 Å². The molecule has 1 N–H and O–H groups in total. The highest BCUT2D eigenvalue weighted by molar-refractivity contribution is 5.80. The van der Waals surface area contributed by atoms with E-state index in [0.29, 0.717) is 4.90 Å². The summed E-state index contributed by atoms with van der Waals surface area (Å²) in [5.74, 6) is -6.09. The van der Waals surface area contributed by atoms with E-state index in [4.69, 9.17) is 0 Å². The van der Waals surface area contributed by atoms with Gasteiger partial charge in [-0.2, -0.15) is 26.3 Å². The highest BCUT2D eigenvalue weighted by Crippen LogP contribution is 2.41. The Morgan fingerprint density at radius 2 is 1.68 bits per heavy atom. The van der Waals surface area contributed by atoms with Crippen LogP contribution in [0, 0.1) is 5.92 Å². The molecule has 1 unspecified atom stereocenters. The maximum absolute atomic E-state index is 12.4. The smallest absolute Gasteiger partial charge is 0.388 e. The summed E-state index contributed by atoms with van der Waals surface area (Å²) in [7, 11) is 0. The number of halogens is 6. The first-order valence-corrected chi connectivity index (χ1v) is 5.49. The summed E-state index contributed by atoms with van der Waals surface area (Å²) in [4.78, 5) is 11.9. The number of alkyl halides is 6. The number of aliphatic hydroxyl groups is 1. The van der Waals surface area contributed by atoms with Crippen LogP contribution in [0.2, 0.25) is 0 Å². The predicted octanol–water partition coefficient (Wildman–Crippen LogP) is 2.10. The fourth-order valence-corrected chi connectivity index (χ4v) is 2.06. The Balaban J connectivity index is 2.95. The highest BCUT2D eigenvalue weighted by Gasteiger charge is 2.62. The van der Waals surface area contributed by atoms with Gasteiger partial charge >= 0.3 is 12.4 Å². The van der Waals surface area contributed by atoms with Crippen LogP contribution in [0.4, 0.5) is 26.3 Å². The SMILES string of the molecule is CC1(O)CCCN(C(=O)C(C(F)(F)F)C(F)(F)F)C1. The summed E-state index contributed by atoms with van der Waals surface area (Å²) >= 11 is 0. The molecule has 0 spiro atoms. The summed E-state index contributed by atoms with van der Waals surface area (Å²) in [6.07, 6.45) is -11.0. The molecule has 1 fully saturated rings. The van der Waals surface area contributed by atoms with E-state index in [-0.39, 0.29) is 19.4 Å². The molecule has 1 rings (SSSR count). The zero-order chi connectivity index (χ0) is 15.1. The second-order valence-electron chi connectivity index (χ2n) is 4.88. The van der Waals surface area contributed by atoms with Crippen molar-refractivity contribution >= 4 is 5.91 Å². The van der Waals surface area contributed by atoms with Gasteiger partial charge in [0.25, 0.3) is 0 Å². The number of carbonyl (C=O) groups is 1. The van der Waals surface area contributed by atoms with Crippen LogP contribution in [0.25, 0.3) is 0 Å². The predicted molar refractivity (Wildman–Crippen MR) is 52.0 cm³/mol. The van der Waals surface area contributed by atoms with Gasteiger partial charge in [0.1, 0.15) is 0 Å². The number of nitrogens with zero attached hydrogens (tertiary/aromatic N) is 1. The molecular formula is C10H13F6NO2. The number of piperidine rings is 1. The molecule has 0 bridgehead atoms. The van der Waals surface area contributed by atoms with E-state index in [1.807, 2.05) is 0 Å². The van der Waals surface area contributed by atoms with Crippen LogP contribution in [0.3, 0.4) is 0 Å². The van der Waals surface area contributed by atoms with Crippen LogP contribution >= 0.6 is 0 Å². The highest BCUT2D eigenvalue weighted by atomic mass is 19.4. The molecule has 1 heterocycles. The Morgan fingerprint density at radius 1 is 1.21 bits per heavy atom. The van der Waals surface area contributed by atoms with Crippen molar-refractivity contribution < 1.29 is 36.2 Å². The van der Waals surface area contributed by atoms with Crippen LogP contribution in [-0.2, 0) is 4.79 Å². The number of hydrogen-bond acceptors (Lipinski definition) is 2. The summed E-state index contributed by atoms with van der Waals surface area (Å²) < 4.78 is 74.3. The zero-order valence-electron chi connectivity index (χ0n) is 9.98. The number of likely N-dealkylation sites (tertiary alicyclic amines) is 1. The minimum Gasteiger partial charge on any atom is -0.388 e. The molecule has 1 saturated heterocycles. The summed E-state index contributed by atoms with van der Waals surface area (Å²) in [6.45, 7) is 0.509. The Bertz CT molecular complexity index is 335. The molecule has 1 atom stereocenters. The molecule has 0 aliphatic carbocycles. The van der Waals surface area contributed by atoms with Gasteiger partial charge in [0.2, 0.25) is 11.8 Å². The first kappa shape index (κ1) is 16.1. The molecule has 0 saturated carbocycles. The summed E-state index contributed by atoms with van der Waals surface area (Å²) in [5.41, 5.74) is -1.46. The van der Waals surface area contributed by atoms with Crippen molar-refractivity contribution in [1.82, 2.24) is 4.90 Å². The number of β-amino-alcohol motifs (C(OH)–C–C–N with tert-alkyl or cyclic N) is 1. The molecule has 0 aromatic heterocycles. The van der Waals surface area contributed by atoms with E-state index in [9.17, 15) is 36.2 Å². The fourth-order valence-electron chi connectivity index (χ4n) is 2.06. The van der Waals surface area contributed by atoms with Crippen molar-refractivity contribution in [3.8, 4) is 0 Å². The molecule has 1 aliphatic rings. The van der Waals surface area contributed by atoms with E-state index >= 15 is 0 Å². The third-order valence-corrected chi connectivity index (χ3v) is 2.89. The normalized spacial score (nSPS) is 25.8. The molecule has 0 aromatic carbocycles. The standard InChI is InChI=1S/C10H13F6NO2/c1-8(19)3-2-4-17(5-8)7(18)6(9(11,12)13)10(14,15)16/h6,19H,2-5H2,1H3. The van der Waals surface area contributed by atoms with Crippen molar-refractivity contribution in [2.45, 2.75) is 37.7 Å². The molecule has 112 valence electrons. The molecular weight excluding hydrogens is 280 g/mol. The third kappa shape index (κ3) is 3.99. The molecule has 0 radical (unpaired) electrons. The Labute approximate surface area is 105 Å². The quantitative estimate of drug-likeness (QED) is 0.752. The van der Waals surface area contributed by atoms with Crippen molar-refractivity contribution in [2.24, 2.45) is 5.92 Å². The lowest BCUT2D eigenvalue weighted by Crippen LogP contribution is -2.55.